The molecule has 0 bridgehead atoms. The summed E-state index contributed by atoms with van der Waals surface area (Å²) in [6, 6.07) is 123. The Morgan fingerprint density at radius 3 is 1.30 bits per heavy atom. The van der Waals surface area contributed by atoms with Crippen LogP contribution in [0.4, 0.5) is 0 Å². The van der Waals surface area contributed by atoms with Crippen molar-refractivity contribution < 1.29 is 4.74 Å². The Morgan fingerprint density at radius 2 is 0.786 bits per heavy atom. The number of aromatic nitrogens is 7. The molecule has 18 rings (SSSR count). The maximum absolute atomic E-state index is 8.37. The molecule has 0 radical (unpaired) electrons. The Morgan fingerprint density at radius 1 is 0.369 bits per heavy atom. The van der Waals surface area contributed by atoms with E-state index in [2.05, 4.69) is 393 Å². The molecule has 0 N–H and O–H groups in total. The van der Waals surface area contributed by atoms with Crippen molar-refractivity contribution in [3.8, 4) is 79.0 Å². The SMILES string of the molecule is C[Si](C)(c1nc(-c2ccccc2)nc(-c2ccccc2)c1-c1ccccc1)C1([Si](C)(C)c2nc(-c3ccccc3)nc(-c3ccccc3)c2-c2ccccc2)c2ccccc2OC2C([Si](c3ccccc3)(c3ccccc3)c3cccc(-n4c5ccccc5n5c6ccccc6nc45)c3)=CC=CC21. The summed E-state index contributed by atoms with van der Waals surface area (Å²) < 4.78 is 12.2. The fourth-order valence-electron chi connectivity index (χ4n) is 17.9. The van der Waals surface area contributed by atoms with Crippen LogP contribution in [0.25, 0.3) is 101 Å². The Bertz CT molecular complexity index is 5690. The molecule has 11 heteroatoms. The number of rotatable bonds is 15. The van der Waals surface area contributed by atoms with E-state index in [1.807, 2.05) is 0 Å². The molecular formula is C92H73N7OSi3. The van der Waals surface area contributed by atoms with Crippen LogP contribution in [-0.4, -0.2) is 64.2 Å². The minimum Gasteiger partial charge on any atom is -0.486 e. The van der Waals surface area contributed by atoms with Crippen LogP contribution in [-0.2, 0) is 4.66 Å². The number of ether oxygens (including phenoxy) is 1. The second kappa shape index (κ2) is 25.6. The number of nitrogens with zero attached hydrogens (tertiary/aromatic N) is 7. The highest BCUT2D eigenvalue weighted by molar-refractivity contribution is 7.16. The Hall–Kier alpha value is -12.0. The Kier molecular flexibility index (Phi) is 15.7. The monoisotopic (exact) mass is 1380 g/mol. The van der Waals surface area contributed by atoms with Gasteiger partial charge < -0.3 is 4.74 Å². The maximum Gasteiger partial charge on any atom is 0.220 e. The van der Waals surface area contributed by atoms with E-state index in [0.29, 0.717) is 11.6 Å². The van der Waals surface area contributed by atoms with Gasteiger partial charge in [-0.2, -0.15) is 0 Å². The summed E-state index contributed by atoms with van der Waals surface area (Å²) in [6.45, 7) is 10.6. The van der Waals surface area contributed by atoms with Gasteiger partial charge in [-0.1, -0.05) is 342 Å². The van der Waals surface area contributed by atoms with Gasteiger partial charge in [0.15, 0.2) is 19.7 Å². The molecule has 1 aliphatic carbocycles. The summed E-state index contributed by atoms with van der Waals surface area (Å²) >= 11 is 0. The predicted molar refractivity (Wildman–Crippen MR) is 431 cm³/mol. The standard InChI is InChI=1S/C92H73N7OSi3/c1-101(2,89-82(64-37-13-5-14-38-64)84(66-41-17-7-18-42-66)94-87(96-89)68-45-21-9-22-46-68)92(102(3,4)90-83(65-39-15-6-16-40-65)85(67-43-19-8-20-44-67)95-88(97-90)69-47-23-10-24-48-69)74-55-29-34-61-80(74)100-86-75(92)56-36-62-81(86)103(71-50-25-11-26-51-71,72-52-27-12-28-53-72)73-54-35-49-70(63-73)98-78-59-32-33-60-79(78)99-77-58-31-30-57-76(77)93-91(98)99/h5-63,75,86H,1-4H3. The van der Waals surface area contributed by atoms with Crippen LogP contribution in [0.5, 0.6) is 5.75 Å². The Labute approximate surface area is 603 Å². The van der Waals surface area contributed by atoms with Gasteiger partial charge >= 0.3 is 0 Å². The summed E-state index contributed by atoms with van der Waals surface area (Å²) in [5.74, 6) is 2.73. The van der Waals surface area contributed by atoms with Crippen LogP contribution in [0.1, 0.15) is 5.56 Å². The largest absolute Gasteiger partial charge is 0.486 e. The molecule has 5 heterocycles. The molecule has 0 amide bonds. The molecule has 16 aromatic rings. The first-order chi connectivity index (χ1) is 50.6. The van der Waals surface area contributed by atoms with Crippen molar-refractivity contribution in [2.75, 3.05) is 0 Å². The number of para-hydroxylation sites is 5. The molecule has 494 valence electrons. The molecule has 2 aliphatic rings. The van der Waals surface area contributed by atoms with Gasteiger partial charge in [0.25, 0.3) is 0 Å². The maximum atomic E-state index is 8.37. The average molecular weight is 1380 g/mol. The zero-order valence-electron chi connectivity index (χ0n) is 57.8. The van der Waals surface area contributed by atoms with Crippen molar-refractivity contribution in [2.24, 2.45) is 5.92 Å². The van der Waals surface area contributed by atoms with Crippen LogP contribution >= 0.6 is 0 Å². The van der Waals surface area contributed by atoms with Gasteiger partial charge in [0.05, 0.1) is 33.5 Å². The van der Waals surface area contributed by atoms with E-state index in [1.165, 1.54) is 26.3 Å². The molecule has 0 saturated heterocycles. The Balaban J connectivity index is 0.983. The van der Waals surface area contributed by atoms with Crippen LogP contribution in [0.3, 0.4) is 0 Å². The fourth-order valence-corrected chi connectivity index (χ4v) is 37.2. The van der Waals surface area contributed by atoms with Crippen LogP contribution in [0.2, 0.25) is 26.2 Å². The smallest absolute Gasteiger partial charge is 0.220 e. The lowest BCUT2D eigenvalue weighted by atomic mass is 9.86. The molecule has 8 nitrogen and oxygen atoms in total. The van der Waals surface area contributed by atoms with E-state index < -0.39 is 35.0 Å². The van der Waals surface area contributed by atoms with Gasteiger partial charge in [-0.3, -0.25) is 8.97 Å². The topological polar surface area (TPSA) is 83.0 Å². The van der Waals surface area contributed by atoms with Crippen molar-refractivity contribution in [2.45, 2.75) is 37.0 Å². The lowest BCUT2D eigenvalue weighted by Crippen LogP contribution is -2.81. The predicted octanol–water partition coefficient (Wildman–Crippen LogP) is 18.1. The highest BCUT2D eigenvalue weighted by atomic mass is 28.4. The van der Waals surface area contributed by atoms with Crippen LogP contribution in [0.15, 0.2) is 363 Å². The first-order valence-electron chi connectivity index (χ1n) is 35.6. The number of allylic oxidation sites excluding steroid dienone is 2. The van der Waals surface area contributed by atoms with E-state index in [4.69, 9.17) is 29.7 Å². The van der Waals surface area contributed by atoms with E-state index in [-0.39, 0.29) is 5.92 Å². The summed E-state index contributed by atoms with van der Waals surface area (Å²) in [4.78, 5) is 29.6. The highest BCUT2D eigenvalue weighted by Crippen LogP contribution is 2.59. The number of imidazole rings is 2. The van der Waals surface area contributed by atoms with Gasteiger partial charge in [0, 0.05) is 60.3 Å². The van der Waals surface area contributed by atoms with Crippen LogP contribution < -0.4 is 30.9 Å². The van der Waals surface area contributed by atoms with E-state index in [9.17, 15) is 0 Å². The second-order valence-corrected chi connectivity index (χ2v) is 41.5. The van der Waals surface area contributed by atoms with E-state index in [1.54, 1.807) is 0 Å². The number of hydrogen-bond acceptors (Lipinski definition) is 6. The molecule has 1 aliphatic heterocycles. The summed E-state index contributed by atoms with van der Waals surface area (Å²) in [5, 5.41) is 7.09. The molecule has 0 spiro atoms. The molecule has 0 saturated carbocycles. The first-order valence-corrected chi connectivity index (χ1v) is 43.6. The van der Waals surface area contributed by atoms with Gasteiger partial charge in [-0.05, 0) is 79.9 Å². The normalized spacial score (nSPS) is 15.0. The number of fused-ring (bicyclic) bond motifs is 7. The lowest BCUT2D eigenvalue weighted by Gasteiger charge is -2.62. The molecule has 12 aromatic carbocycles. The van der Waals surface area contributed by atoms with Crippen molar-refractivity contribution >= 4 is 78.3 Å². The van der Waals surface area contributed by atoms with Crippen LogP contribution in [0, 0.1) is 5.92 Å². The van der Waals surface area contributed by atoms with Crippen molar-refractivity contribution in [1.29, 1.82) is 0 Å². The van der Waals surface area contributed by atoms with Gasteiger partial charge in [-0.25, -0.2) is 24.9 Å². The molecule has 0 fully saturated rings. The molecule has 4 aromatic heterocycles. The zero-order chi connectivity index (χ0) is 69.3. The number of benzene rings is 12. The van der Waals surface area contributed by atoms with Gasteiger partial charge in [0.2, 0.25) is 5.78 Å². The molecular weight excluding hydrogens is 1300 g/mol. The molecule has 103 heavy (non-hydrogen) atoms. The van der Waals surface area contributed by atoms with Crippen molar-refractivity contribution in [3.05, 3.63) is 369 Å². The average Bonchev–Trinajstić information content (AvgIpc) is 1.30. The lowest BCUT2D eigenvalue weighted by molar-refractivity contribution is 0.154. The highest BCUT2D eigenvalue weighted by Gasteiger charge is 2.70. The first kappa shape index (κ1) is 63.2. The third-order valence-corrected chi connectivity index (χ3v) is 38.9. The fraction of sp³-hybridized carbons (Fsp3) is 0.0761. The van der Waals surface area contributed by atoms with Gasteiger partial charge in [-0.15, -0.1) is 0 Å². The van der Waals surface area contributed by atoms with E-state index >= 15 is 0 Å². The summed E-state index contributed by atoms with van der Waals surface area (Å²) in [6.07, 6.45) is 6.89. The summed E-state index contributed by atoms with van der Waals surface area (Å²) in [7, 11) is -10.9. The summed E-state index contributed by atoms with van der Waals surface area (Å²) in [5.41, 5.74) is 16.3. The zero-order valence-corrected chi connectivity index (χ0v) is 60.8. The molecule has 2 atom stereocenters. The number of hydrogen-bond donors (Lipinski definition) is 0. The second-order valence-electron chi connectivity index (χ2n) is 28.2. The van der Waals surface area contributed by atoms with E-state index in [0.717, 1.165) is 106 Å². The van der Waals surface area contributed by atoms with Crippen molar-refractivity contribution in [1.82, 2.24) is 33.9 Å². The third-order valence-electron chi connectivity index (χ3n) is 22.0. The molecule has 2 unspecified atom stereocenters. The quantitative estimate of drug-likeness (QED) is 0.0751. The third kappa shape index (κ3) is 10.1. The minimum atomic E-state index is -3.62. The van der Waals surface area contributed by atoms with Gasteiger partial charge in [0.1, 0.15) is 28.0 Å². The van der Waals surface area contributed by atoms with Crippen molar-refractivity contribution in [3.63, 3.8) is 0 Å². The minimum absolute atomic E-state index is 0.351.